The van der Waals surface area contributed by atoms with Gasteiger partial charge in [0.15, 0.2) is 0 Å². The van der Waals surface area contributed by atoms with Crippen LogP contribution in [0.1, 0.15) is 24.2 Å². The van der Waals surface area contributed by atoms with E-state index in [9.17, 15) is 5.11 Å². The van der Waals surface area contributed by atoms with Crippen LogP contribution in [0.15, 0.2) is 18.3 Å². The van der Waals surface area contributed by atoms with Crippen molar-refractivity contribution in [3.05, 3.63) is 29.6 Å². The van der Waals surface area contributed by atoms with Crippen molar-refractivity contribution in [2.45, 2.75) is 26.0 Å². The molecule has 2 atom stereocenters. The predicted octanol–water partition coefficient (Wildman–Crippen LogP) is 0.771. The van der Waals surface area contributed by atoms with Gasteiger partial charge in [-0.2, -0.15) is 0 Å². The van der Waals surface area contributed by atoms with Crippen LogP contribution in [0.5, 0.6) is 0 Å². The lowest BCUT2D eigenvalue weighted by Crippen LogP contribution is -2.24. The maximum Gasteiger partial charge on any atom is 0.0731 e. The fraction of sp³-hybridized carbons (Fsp3) is 0.444. The smallest absolute Gasteiger partial charge is 0.0731 e. The lowest BCUT2D eigenvalue weighted by Gasteiger charge is -2.13. The van der Waals surface area contributed by atoms with E-state index < -0.39 is 6.10 Å². The number of nitrogens with two attached hydrogens (primary N) is 1. The van der Waals surface area contributed by atoms with Gasteiger partial charge in [-0.05, 0) is 31.5 Å². The summed E-state index contributed by atoms with van der Waals surface area (Å²) in [4.78, 5) is 4.08. The van der Waals surface area contributed by atoms with Gasteiger partial charge < -0.3 is 10.8 Å². The van der Waals surface area contributed by atoms with Gasteiger partial charge >= 0.3 is 0 Å². The molecule has 0 aromatic carbocycles. The van der Waals surface area contributed by atoms with Crippen molar-refractivity contribution in [3.8, 4) is 0 Å². The minimum absolute atomic E-state index is 0.384. The quantitative estimate of drug-likeness (QED) is 0.682. The summed E-state index contributed by atoms with van der Waals surface area (Å²) in [5, 5.41) is 9.20. The van der Waals surface area contributed by atoms with E-state index in [0.717, 1.165) is 11.3 Å². The number of aliphatic hydroxyl groups excluding tert-OH is 1. The van der Waals surface area contributed by atoms with E-state index in [0.29, 0.717) is 0 Å². The van der Waals surface area contributed by atoms with Gasteiger partial charge in [0, 0.05) is 6.20 Å². The third-order valence-electron chi connectivity index (χ3n) is 1.80. The van der Waals surface area contributed by atoms with Crippen LogP contribution in [0.25, 0.3) is 0 Å². The summed E-state index contributed by atoms with van der Waals surface area (Å²) in [6.07, 6.45) is 1.15. The van der Waals surface area contributed by atoms with Crippen LogP contribution in [0, 0.1) is 6.92 Å². The van der Waals surface area contributed by atoms with Crippen LogP contribution in [-0.2, 0) is 0 Å². The van der Waals surface area contributed by atoms with Crippen molar-refractivity contribution in [2.75, 3.05) is 0 Å². The molecule has 3 heteroatoms. The number of rotatable bonds is 2. The fourth-order valence-corrected chi connectivity index (χ4v) is 0.989. The third-order valence-corrected chi connectivity index (χ3v) is 1.80. The van der Waals surface area contributed by atoms with Crippen LogP contribution < -0.4 is 5.73 Å². The van der Waals surface area contributed by atoms with Crippen molar-refractivity contribution in [3.63, 3.8) is 0 Å². The number of pyridine rings is 1. The highest BCUT2D eigenvalue weighted by molar-refractivity contribution is 5.17. The number of aryl methyl sites for hydroxylation is 1. The van der Waals surface area contributed by atoms with Crippen LogP contribution >= 0.6 is 0 Å². The molecule has 1 aromatic rings. The molecular weight excluding hydrogens is 152 g/mol. The molecule has 1 rings (SSSR count). The molecule has 0 bridgehead atoms. The van der Waals surface area contributed by atoms with E-state index in [1.54, 1.807) is 13.1 Å². The summed E-state index contributed by atoms with van der Waals surface area (Å²) in [7, 11) is 0. The maximum atomic E-state index is 9.20. The Balaban J connectivity index is 2.88. The van der Waals surface area contributed by atoms with Crippen LogP contribution in [0.3, 0.4) is 0 Å². The van der Waals surface area contributed by atoms with Crippen LogP contribution in [-0.4, -0.2) is 16.2 Å². The molecule has 0 saturated carbocycles. The van der Waals surface area contributed by atoms with Gasteiger partial charge in [0.05, 0.1) is 17.8 Å². The molecule has 1 aromatic heterocycles. The van der Waals surface area contributed by atoms with Gasteiger partial charge in [0.1, 0.15) is 0 Å². The Morgan fingerprint density at radius 3 is 2.75 bits per heavy atom. The molecule has 3 N–H and O–H groups in total. The van der Waals surface area contributed by atoms with E-state index in [4.69, 9.17) is 5.73 Å². The number of hydrogen-bond acceptors (Lipinski definition) is 3. The first kappa shape index (κ1) is 9.16. The minimum Gasteiger partial charge on any atom is -0.391 e. The molecule has 0 amide bonds. The first-order chi connectivity index (χ1) is 5.61. The highest BCUT2D eigenvalue weighted by Crippen LogP contribution is 2.11. The van der Waals surface area contributed by atoms with Gasteiger partial charge in [-0.1, -0.05) is 0 Å². The first-order valence-electron chi connectivity index (χ1n) is 3.97. The minimum atomic E-state index is -0.556. The largest absolute Gasteiger partial charge is 0.391 e. The number of aliphatic hydroxyl groups is 1. The topological polar surface area (TPSA) is 59.1 Å². The average molecular weight is 166 g/mol. The highest BCUT2D eigenvalue weighted by Gasteiger charge is 2.12. The maximum absolute atomic E-state index is 9.20. The molecule has 0 aliphatic heterocycles. The normalized spacial score (nSPS) is 15.7. The molecular formula is C9H14N2O. The van der Waals surface area contributed by atoms with Gasteiger partial charge in [0.25, 0.3) is 0 Å². The van der Waals surface area contributed by atoms with Gasteiger partial charge in [0.2, 0.25) is 0 Å². The Bertz CT molecular complexity index is 260. The van der Waals surface area contributed by atoms with E-state index >= 15 is 0 Å². The predicted molar refractivity (Wildman–Crippen MR) is 47.6 cm³/mol. The summed E-state index contributed by atoms with van der Waals surface area (Å²) in [6.45, 7) is 3.63. The molecule has 3 nitrogen and oxygen atoms in total. The lowest BCUT2D eigenvalue weighted by molar-refractivity contribution is 0.162. The molecule has 0 spiro atoms. The Morgan fingerprint density at radius 2 is 2.25 bits per heavy atom. The Labute approximate surface area is 72.2 Å². The van der Waals surface area contributed by atoms with Gasteiger partial charge in [-0.25, -0.2) is 0 Å². The molecule has 66 valence electrons. The molecule has 0 saturated heterocycles. The second-order valence-corrected chi connectivity index (χ2v) is 3.02. The summed E-state index contributed by atoms with van der Waals surface area (Å²) in [5.41, 5.74) is 7.54. The zero-order valence-electron chi connectivity index (χ0n) is 7.36. The fourth-order valence-electron chi connectivity index (χ4n) is 0.989. The second kappa shape index (κ2) is 3.65. The highest BCUT2D eigenvalue weighted by atomic mass is 16.3. The van der Waals surface area contributed by atoms with E-state index in [2.05, 4.69) is 4.98 Å². The molecule has 0 fully saturated rings. The summed E-state index contributed by atoms with van der Waals surface area (Å²) < 4.78 is 0. The standard InChI is InChI=1S/C9H14N2O/c1-6-3-4-11-8(5-6)9(10)7(2)12/h3-5,7,9,12H,10H2,1-2H3/t7-,9-/m0/s1. The van der Waals surface area contributed by atoms with E-state index in [1.165, 1.54) is 0 Å². The molecule has 0 aliphatic rings. The van der Waals surface area contributed by atoms with Gasteiger partial charge in [-0.15, -0.1) is 0 Å². The molecule has 12 heavy (non-hydrogen) atoms. The summed E-state index contributed by atoms with van der Waals surface area (Å²) >= 11 is 0. The summed E-state index contributed by atoms with van der Waals surface area (Å²) in [6, 6.07) is 3.40. The lowest BCUT2D eigenvalue weighted by atomic mass is 10.1. The van der Waals surface area contributed by atoms with Crippen LogP contribution in [0.2, 0.25) is 0 Å². The zero-order chi connectivity index (χ0) is 9.14. The zero-order valence-corrected chi connectivity index (χ0v) is 7.36. The third kappa shape index (κ3) is 2.03. The molecule has 0 radical (unpaired) electrons. The Hall–Kier alpha value is -0.930. The monoisotopic (exact) mass is 166 g/mol. The molecule has 0 unspecified atom stereocenters. The number of hydrogen-bond donors (Lipinski definition) is 2. The first-order valence-corrected chi connectivity index (χ1v) is 3.97. The molecule has 0 aliphatic carbocycles. The van der Waals surface area contributed by atoms with E-state index in [1.807, 2.05) is 19.1 Å². The van der Waals surface area contributed by atoms with Crippen molar-refractivity contribution in [1.29, 1.82) is 0 Å². The van der Waals surface area contributed by atoms with Crippen molar-refractivity contribution in [1.82, 2.24) is 4.98 Å². The van der Waals surface area contributed by atoms with Crippen LogP contribution in [0.4, 0.5) is 0 Å². The van der Waals surface area contributed by atoms with Gasteiger partial charge in [-0.3, -0.25) is 4.98 Å². The second-order valence-electron chi connectivity index (χ2n) is 3.02. The van der Waals surface area contributed by atoms with Crippen molar-refractivity contribution < 1.29 is 5.11 Å². The van der Waals surface area contributed by atoms with Crippen molar-refractivity contribution in [2.24, 2.45) is 5.73 Å². The average Bonchev–Trinajstić information content (AvgIpc) is 2.03. The van der Waals surface area contributed by atoms with E-state index in [-0.39, 0.29) is 6.04 Å². The summed E-state index contributed by atoms with van der Waals surface area (Å²) in [5.74, 6) is 0. The van der Waals surface area contributed by atoms with Crippen molar-refractivity contribution >= 4 is 0 Å². The molecule has 1 heterocycles. The number of aromatic nitrogens is 1. The number of nitrogens with zero attached hydrogens (tertiary/aromatic N) is 1. The Morgan fingerprint density at radius 1 is 1.58 bits per heavy atom. The SMILES string of the molecule is Cc1ccnc([C@@H](N)[C@H](C)O)c1. The Kier molecular flexibility index (Phi) is 2.78.